The first-order valence-electron chi connectivity index (χ1n) is 7.08. The topological polar surface area (TPSA) is 67.0 Å². The van der Waals surface area contributed by atoms with E-state index in [0.29, 0.717) is 6.54 Å². The first kappa shape index (κ1) is 13.7. The molecule has 1 amide bonds. The number of methoxy groups -OCH3 is 1. The average Bonchev–Trinajstić information content (AvgIpc) is 3.22. The molecule has 5 nitrogen and oxygen atoms in total. The van der Waals surface area contributed by atoms with Crippen LogP contribution in [-0.2, 0) is 16.8 Å². The van der Waals surface area contributed by atoms with Gasteiger partial charge in [-0.3, -0.25) is 9.89 Å². The lowest BCUT2D eigenvalue weighted by Gasteiger charge is -2.18. The monoisotopic (exact) mass is 285 g/mol. The van der Waals surface area contributed by atoms with E-state index in [1.54, 1.807) is 13.3 Å². The maximum absolute atomic E-state index is 12.6. The Morgan fingerprint density at radius 1 is 1.43 bits per heavy atom. The van der Waals surface area contributed by atoms with Crippen LogP contribution in [0.15, 0.2) is 30.5 Å². The number of aromatic amines is 1. The summed E-state index contributed by atoms with van der Waals surface area (Å²) in [5.74, 6) is 0.845. The molecule has 0 bridgehead atoms. The van der Waals surface area contributed by atoms with Crippen molar-refractivity contribution in [1.82, 2.24) is 15.5 Å². The Kier molecular flexibility index (Phi) is 3.41. The zero-order valence-corrected chi connectivity index (χ0v) is 12.3. The SMILES string of the molecule is COc1ccccc1C1(C(=O)NCc2cn[nH]c2C)CC1. The smallest absolute Gasteiger partial charge is 0.231 e. The molecule has 0 spiro atoms. The van der Waals surface area contributed by atoms with Crippen LogP contribution in [0.2, 0.25) is 0 Å². The van der Waals surface area contributed by atoms with Crippen molar-refractivity contribution in [1.29, 1.82) is 0 Å². The summed E-state index contributed by atoms with van der Waals surface area (Å²) in [5.41, 5.74) is 2.55. The lowest BCUT2D eigenvalue weighted by atomic mass is 9.94. The molecule has 1 saturated carbocycles. The second kappa shape index (κ2) is 5.24. The molecule has 2 N–H and O–H groups in total. The van der Waals surface area contributed by atoms with Crippen LogP contribution in [0.4, 0.5) is 0 Å². The maximum Gasteiger partial charge on any atom is 0.231 e. The second-order valence-electron chi connectivity index (χ2n) is 5.49. The highest BCUT2D eigenvalue weighted by atomic mass is 16.5. The van der Waals surface area contributed by atoms with Gasteiger partial charge in [-0.2, -0.15) is 5.10 Å². The van der Waals surface area contributed by atoms with Gasteiger partial charge in [-0.1, -0.05) is 18.2 Å². The van der Waals surface area contributed by atoms with E-state index in [-0.39, 0.29) is 5.91 Å². The zero-order chi connectivity index (χ0) is 14.9. The number of hydrogen-bond acceptors (Lipinski definition) is 3. The number of nitrogens with zero attached hydrogens (tertiary/aromatic N) is 1. The van der Waals surface area contributed by atoms with Crippen LogP contribution in [0.3, 0.4) is 0 Å². The van der Waals surface area contributed by atoms with Crippen LogP contribution in [0.5, 0.6) is 5.75 Å². The molecule has 0 radical (unpaired) electrons. The van der Waals surface area contributed by atoms with Crippen LogP contribution in [0, 0.1) is 6.92 Å². The highest BCUT2D eigenvalue weighted by molar-refractivity contribution is 5.92. The fourth-order valence-corrected chi connectivity index (χ4v) is 2.68. The van der Waals surface area contributed by atoms with E-state index in [1.165, 1.54) is 0 Å². The highest BCUT2D eigenvalue weighted by Gasteiger charge is 2.52. The molecule has 1 heterocycles. The van der Waals surface area contributed by atoms with Crippen molar-refractivity contribution >= 4 is 5.91 Å². The number of para-hydroxylation sites is 1. The van der Waals surface area contributed by atoms with Crippen molar-refractivity contribution in [2.24, 2.45) is 0 Å². The molecule has 1 fully saturated rings. The minimum Gasteiger partial charge on any atom is -0.496 e. The standard InChI is InChI=1S/C16H19N3O2/c1-11-12(10-18-19-11)9-17-15(20)16(7-8-16)13-5-3-4-6-14(13)21-2/h3-6,10H,7-9H2,1-2H3,(H,17,20)(H,18,19). The number of nitrogens with one attached hydrogen (secondary N) is 2. The lowest BCUT2D eigenvalue weighted by molar-refractivity contribution is -0.123. The van der Waals surface area contributed by atoms with Crippen LogP contribution < -0.4 is 10.1 Å². The quantitative estimate of drug-likeness (QED) is 0.884. The Morgan fingerprint density at radius 2 is 2.19 bits per heavy atom. The molecular weight excluding hydrogens is 266 g/mol. The van der Waals surface area contributed by atoms with Crippen molar-refractivity contribution < 1.29 is 9.53 Å². The summed E-state index contributed by atoms with van der Waals surface area (Å²) in [7, 11) is 1.64. The first-order valence-corrected chi connectivity index (χ1v) is 7.08. The van der Waals surface area contributed by atoms with Gasteiger partial charge in [0.15, 0.2) is 0 Å². The predicted molar refractivity (Wildman–Crippen MR) is 79.1 cm³/mol. The number of aromatic nitrogens is 2. The molecule has 1 aromatic carbocycles. The van der Waals surface area contributed by atoms with Gasteiger partial charge >= 0.3 is 0 Å². The molecule has 0 aliphatic heterocycles. The van der Waals surface area contributed by atoms with E-state index in [1.807, 2.05) is 31.2 Å². The predicted octanol–water partition coefficient (Wildman–Crippen LogP) is 2.07. The van der Waals surface area contributed by atoms with Crippen molar-refractivity contribution in [2.75, 3.05) is 7.11 Å². The number of aryl methyl sites for hydroxylation is 1. The minimum absolute atomic E-state index is 0.0626. The highest BCUT2D eigenvalue weighted by Crippen LogP contribution is 2.51. The van der Waals surface area contributed by atoms with Crippen molar-refractivity contribution in [3.8, 4) is 5.75 Å². The third-order valence-corrected chi connectivity index (χ3v) is 4.18. The normalized spacial score (nSPS) is 15.5. The van der Waals surface area contributed by atoms with Crippen LogP contribution in [0.25, 0.3) is 0 Å². The molecule has 0 saturated heterocycles. The Bertz CT molecular complexity index is 659. The molecule has 1 aliphatic carbocycles. The van der Waals surface area contributed by atoms with E-state index >= 15 is 0 Å². The van der Waals surface area contributed by atoms with E-state index in [4.69, 9.17) is 4.74 Å². The Morgan fingerprint density at radius 3 is 2.81 bits per heavy atom. The van der Waals surface area contributed by atoms with Gasteiger partial charge in [-0.05, 0) is 25.8 Å². The molecule has 1 aliphatic rings. The number of rotatable bonds is 5. The molecule has 21 heavy (non-hydrogen) atoms. The Balaban J connectivity index is 1.76. The Labute approximate surface area is 123 Å². The molecule has 110 valence electrons. The largest absolute Gasteiger partial charge is 0.496 e. The van der Waals surface area contributed by atoms with Gasteiger partial charge in [0.05, 0.1) is 18.7 Å². The van der Waals surface area contributed by atoms with Crippen molar-refractivity contribution in [2.45, 2.75) is 31.7 Å². The fourth-order valence-electron chi connectivity index (χ4n) is 2.68. The van der Waals surface area contributed by atoms with E-state index in [9.17, 15) is 4.79 Å². The minimum atomic E-state index is -0.426. The summed E-state index contributed by atoms with van der Waals surface area (Å²) in [6.45, 7) is 2.44. The maximum atomic E-state index is 12.6. The molecular formula is C16H19N3O2. The number of carbonyl (C=O) groups excluding carboxylic acids is 1. The van der Waals surface area contributed by atoms with Gasteiger partial charge in [-0.15, -0.1) is 0 Å². The number of ether oxygens (including phenoxy) is 1. The molecule has 0 unspecified atom stereocenters. The molecule has 5 heteroatoms. The summed E-state index contributed by atoms with van der Waals surface area (Å²) >= 11 is 0. The lowest BCUT2D eigenvalue weighted by Crippen LogP contribution is -2.34. The van der Waals surface area contributed by atoms with Gasteiger partial charge in [0, 0.05) is 23.4 Å². The summed E-state index contributed by atoms with van der Waals surface area (Å²) < 4.78 is 5.40. The molecule has 2 aromatic rings. The van der Waals surface area contributed by atoms with Crippen LogP contribution >= 0.6 is 0 Å². The third-order valence-electron chi connectivity index (χ3n) is 4.18. The number of H-pyrrole nitrogens is 1. The van der Waals surface area contributed by atoms with E-state index in [2.05, 4.69) is 15.5 Å². The van der Waals surface area contributed by atoms with Crippen molar-refractivity contribution in [3.63, 3.8) is 0 Å². The summed E-state index contributed by atoms with van der Waals surface area (Å²) in [6, 6.07) is 7.76. The van der Waals surface area contributed by atoms with Crippen molar-refractivity contribution in [3.05, 3.63) is 47.3 Å². The van der Waals surface area contributed by atoms with E-state index < -0.39 is 5.41 Å². The summed E-state index contributed by atoms with van der Waals surface area (Å²) in [5, 5.41) is 9.87. The van der Waals surface area contributed by atoms with Gasteiger partial charge in [0.2, 0.25) is 5.91 Å². The average molecular weight is 285 g/mol. The van der Waals surface area contributed by atoms with Gasteiger partial charge < -0.3 is 10.1 Å². The number of hydrogen-bond donors (Lipinski definition) is 2. The second-order valence-corrected chi connectivity index (χ2v) is 5.49. The van der Waals surface area contributed by atoms with Gasteiger partial charge in [0.1, 0.15) is 5.75 Å². The Hall–Kier alpha value is -2.30. The van der Waals surface area contributed by atoms with E-state index in [0.717, 1.165) is 35.4 Å². The third kappa shape index (κ3) is 2.39. The fraction of sp³-hybridized carbons (Fsp3) is 0.375. The number of amides is 1. The summed E-state index contributed by atoms with van der Waals surface area (Å²) in [6.07, 6.45) is 3.48. The van der Waals surface area contributed by atoms with Gasteiger partial charge in [-0.25, -0.2) is 0 Å². The number of carbonyl (C=O) groups is 1. The zero-order valence-electron chi connectivity index (χ0n) is 12.3. The van der Waals surface area contributed by atoms with Crippen LogP contribution in [-0.4, -0.2) is 23.2 Å². The molecule has 3 rings (SSSR count). The number of benzene rings is 1. The molecule has 1 aromatic heterocycles. The first-order chi connectivity index (χ1) is 10.2. The molecule has 0 atom stereocenters. The van der Waals surface area contributed by atoms with Gasteiger partial charge in [0.25, 0.3) is 0 Å². The van der Waals surface area contributed by atoms with Crippen LogP contribution in [0.1, 0.15) is 29.7 Å². The summed E-state index contributed by atoms with van der Waals surface area (Å²) in [4.78, 5) is 12.6.